The minimum absolute atomic E-state index is 0.191. The van der Waals surface area contributed by atoms with Crippen molar-refractivity contribution in [1.82, 2.24) is 4.90 Å². The van der Waals surface area contributed by atoms with E-state index in [0.29, 0.717) is 12.5 Å². The number of aliphatic carboxylic acids is 1. The van der Waals surface area contributed by atoms with Crippen LogP contribution < -0.4 is 0 Å². The van der Waals surface area contributed by atoms with Crippen LogP contribution in [-0.4, -0.2) is 29.1 Å². The van der Waals surface area contributed by atoms with Gasteiger partial charge in [0.05, 0.1) is 5.92 Å². The second-order valence-corrected chi connectivity index (χ2v) is 4.79. The Balaban J connectivity index is 1.99. The summed E-state index contributed by atoms with van der Waals surface area (Å²) in [5.41, 5.74) is 1.26. The minimum Gasteiger partial charge on any atom is -0.481 e. The zero-order valence-electron chi connectivity index (χ0n) is 10.2. The number of hydrogen-bond acceptors (Lipinski definition) is 2. The van der Waals surface area contributed by atoms with Gasteiger partial charge in [-0.2, -0.15) is 0 Å². The van der Waals surface area contributed by atoms with E-state index in [2.05, 4.69) is 24.0 Å². The summed E-state index contributed by atoms with van der Waals surface area (Å²) < 4.78 is 0. The SMILES string of the molecule is CC[C@@H]1CN(Cc2ccccc2)C[C@H]1C(=O)O. The summed E-state index contributed by atoms with van der Waals surface area (Å²) in [5.74, 6) is -0.535. The highest BCUT2D eigenvalue weighted by atomic mass is 16.4. The molecule has 0 unspecified atom stereocenters. The minimum atomic E-state index is -0.646. The van der Waals surface area contributed by atoms with Gasteiger partial charge in [-0.05, 0) is 11.5 Å². The Labute approximate surface area is 102 Å². The average Bonchev–Trinajstić information content (AvgIpc) is 2.73. The summed E-state index contributed by atoms with van der Waals surface area (Å²) in [6, 6.07) is 10.2. The van der Waals surface area contributed by atoms with Crippen LogP contribution in [0.4, 0.5) is 0 Å². The topological polar surface area (TPSA) is 40.5 Å². The molecular formula is C14H19NO2. The zero-order chi connectivity index (χ0) is 12.3. The number of hydrogen-bond donors (Lipinski definition) is 1. The van der Waals surface area contributed by atoms with Gasteiger partial charge in [0, 0.05) is 19.6 Å². The molecule has 1 fully saturated rings. The Morgan fingerprint density at radius 1 is 1.35 bits per heavy atom. The lowest BCUT2D eigenvalue weighted by Gasteiger charge is -2.15. The molecule has 0 aromatic heterocycles. The first kappa shape index (κ1) is 12.1. The van der Waals surface area contributed by atoms with Gasteiger partial charge in [0.2, 0.25) is 0 Å². The first-order chi connectivity index (χ1) is 8.20. The highest BCUT2D eigenvalue weighted by molar-refractivity contribution is 5.71. The van der Waals surface area contributed by atoms with E-state index < -0.39 is 5.97 Å². The van der Waals surface area contributed by atoms with Gasteiger partial charge in [-0.1, -0.05) is 43.7 Å². The maximum absolute atomic E-state index is 11.1. The van der Waals surface area contributed by atoms with E-state index in [4.69, 9.17) is 0 Å². The van der Waals surface area contributed by atoms with Crippen LogP contribution in [0.15, 0.2) is 30.3 Å². The molecular weight excluding hydrogens is 214 g/mol. The van der Waals surface area contributed by atoms with Gasteiger partial charge in [-0.25, -0.2) is 0 Å². The van der Waals surface area contributed by atoms with E-state index in [1.807, 2.05) is 18.2 Å². The van der Waals surface area contributed by atoms with Gasteiger partial charge in [0.25, 0.3) is 0 Å². The van der Waals surface area contributed by atoms with Crippen molar-refractivity contribution >= 4 is 5.97 Å². The number of likely N-dealkylation sites (tertiary alicyclic amines) is 1. The molecule has 0 amide bonds. The van der Waals surface area contributed by atoms with Crippen molar-refractivity contribution in [3.63, 3.8) is 0 Å². The third kappa shape index (κ3) is 2.86. The van der Waals surface area contributed by atoms with Gasteiger partial charge in [0.15, 0.2) is 0 Å². The predicted molar refractivity (Wildman–Crippen MR) is 66.6 cm³/mol. The fourth-order valence-corrected chi connectivity index (χ4v) is 2.62. The fraction of sp³-hybridized carbons (Fsp3) is 0.500. The van der Waals surface area contributed by atoms with E-state index in [9.17, 15) is 9.90 Å². The van der Waals surface area contributed by atoms with Crippen LogP contribution in [0, 0.1) is 11.8 Å². The molecule has 3 heteroatoms. The lowest BCUT2D eigenvalue weighted by molar-refractivity contribution is -0.142. The van der Waals surface area contributed by atoms with Crippen LogP contribution >= 0.6 is 0 Å². The molecule has 1 aromatic rings. The van der Waals surface area contributed by atoms with Crippen LogP contribution in [0.2, 0.25) is 0 Å². The first-order valence-corrected chi connectivity index (χ1v) is 6.19. The Bertz CT molecular complexity index is 377. The molecule has 2 atom stereocenters. The van der Waals surface area contributed by atoms with Crippen molar-refractivity contribution in [2.75, 3.05) is 13.1 Å². The molecule has 1 aliphatic rings. The van der Waals surface area contributed by atoms with Crippen LogP contribution in [0.1, 0.15) is 18.9 Å². The zero-order valence-corrected chi connectivity index (χ0v) is 10.2. The van der Waals surface area contributed by atoms with Crippen molar-refractivity contribution in [3.8, 4) is 0 Å². The summed E-state index contributed by atoms with van der Waals surface area (Å²) in [4.78, 5) is 13.4. The summed E-state index contributed by atoms with van der Waals surface area (Å²) in [7, 11) is 0. The van der Waals surface area contributed by atoms with Crippen molar-refractivity contribution in [1.29, 1.82) is 0 Å². The number of carboxylic acid groups (broad SMARTS) is 1. The van der Waals surface area contributed by atoms with Gasteiger partial charge < -0.3 is 5.11 Å². The molecule has 17 heavy (non-hydrogen) atoms. The molecule has 1 heterocycles. The normalized spacial score (nSPS) is 25.0. The largest absolute Gasteiger partial charge is 0.481 e. The molecule has 92 valence electrons. The van der Waals surface area contributed by atoms with Gasteiger partial charge in [0.1, 0.15) is 0 Å². The summed E-state index contributed by atoms with van der Waals surface area (Å²) in [5, 5.41) is 9.17. The number of carboxylic acids is 1. The first-order valence-electron chi connectivity index (χ1n) is 6.19. The van der Waals surface area contributed by atoms with E-state index in [-0.39, 0.29) is 5.92 Å². The number of nitrogens with zero attached hydrogens (tertiary/aromatic N) is 1. The molecule has 0 bridgehead atoms. The van der Waals surface area contributed by atoms with E-state index in [1.165, 1.54) is 5.56 Å². The summed E-state index contributed by atoms with van der Waals surface area (Å²) in [6.45, 7) is 4.53. The molecule has 2 rings (SSSR count). The Morgan fingerprint density at radius 2 is 2.06 bits per heavy atom. The molecule has 3 nitrogen and oxygen atoms in total. The van der Waals surface area contributed by atoms with Gasteiger partial charge in [-0.15, -0.1) is 0 Å². The van der Waals surface area contributed by atoms with Crippen LogP contribution in [0.3, 0.4) is 0 Å². The van der Waals surface area contributed by atoms with Crippen LogP contribution in [-0.2, 0) is 11.3 Å². The maximum Gasteiger partial charge on any atom is 0.308 e. The summed E-state index contributed by atoms with van der Waals surface area (Å²) >= 11 is 0. The molecule has 0 saturated carbocycles. The molecule has 1 N–H and O–H groups in total. The third-order valence-corrected chi connectivity index (χ3v) is 3.61. The van der Waals surface area contributed by atoms with Gasteiger partial charge >= 0.3 is 5.97 Å². The second-order valence-electron chi connectivity index (χ2n) is 4.79. The van der Waals surface area contributed by atoms with Crippen molar-refractivity contribution in [3.05, 3.63) is 35.9 Å². The molecule has 1 saturated heterocycles. The smallest absolute Gasteiger partial charge is 0.308 e. The highest BCUT2D eigenvalue weighted by Gasteiger charge is 2.36. The van der Waals surface area contributed by atoms with Crippen molar-refractivity contribution in [2.24, 2.45) is 11.8 Å². The monoisotopic (exact) mass is 233 g/mol. The van der Waals surface area contributed by atoms with E-state index >= 15 is 0 Å². The number of carbonyl (C=O) groups is 1. The lowest BCUT2D eigenvalue weighted by Crippen LogP contribution is -2.23. The summed E-state index contributed by atoms with van der Waals surface area (Å²) in [6.07, 6.45) is 0.947. The Kier molecular flexibility index (Phi) is 3.79. The van der Waals surface area contributed by atoms with Crippen molar-refractivity contribution < 1.29 is 9.90 Å². The Morgan fingerprint density at radius 3 is 2.59 bits per heavy atom. The maximum atomic E-state index is 11.1. The van der Waals surface area contributed by atoms with Crippen LogP contribution in [0.25, 0.3) is 0 Å². The average molecular weight is 233 g/mol. The van der Waals surface area contributed by atoms with Crippen molar-refractivity contribution in [2.45, 2.75) is 19.9 Å². The number of benzene rings is 1. The fourth-order valence-electron chi connectivity index (χ4n) is 2.62. The quantitative estimate of drug-likeness (QED) is 0.867. The van der Waals surface area contributed by atoms with Gasteiger partial charge in [-0.3, -0.25) is 9.69 Å². The molecule has 0 spiro atoms. The Hall–Kier alpha value is -1.35. The molecule has 0 aliphatic carbocycles. The molecule has 1 aliphatic heterocycles. The highest BCUT2D eigenvalue weighted by Crippen LogP contribution is 2.27. The predicted octanol–water partition coefficient (Wildman–Crippen LogP) is 2.23. The standard InChI is InChI=1S/C14H19NO2/c1-2-12-9-15(10-13(12)14(16)17)8-11-6-4-3-5-7-11/h3-7,12-13H,2,8-10H2,1H3,(H,16,17)/t12-,13-/m1/s1. The molecule has 1 aromatic carbocycles. The lowest BCUT2D eigenvalue weighted by atomic mass is 9.94. The molecule has 0 radical (unpaired) electrons. The second kappa shape index (κ2) is 5.32. The van der Waals surface area contributed by atoms with E-state index in [1.54, 1.807) is 0 Å². The number of rotatable bonds is 4. The third-order valence-electron chi connectivity index (χ3n) is 3.61. The van der Waals surface area contributed by atoms with Crippen LogP contribution in [0.5, 0.6) is 0 Å². The van der Waals surface area contributed by atoms with E-state index in [0.717, 1.165) is 19.5 Å².